The first-order valence-electron chi connectivity index (χ1n) is 7.63. The summed E-state index contributed by atoms with van der Waals surface area (Å²) in [4.78, 5) is 2.47. The molecule has 19 heavy (non-hydrogen) atoms. The number of nitrogens with one attached hydrogen (secondary N) is 1. The van der Waals surface area contributed by atoms with Gasteiger partial charge < -0.3 is 10.2 Å². The van der Waals surface area contributed by atoms with Crippen molar-refractivity contribution in [3.63, 3.8) is 0 Å². The maximum Gasteiger partial charge on any atom is 0.0230 e. The van der Waals surface area contributed by atoms with Crippen LogP contribution in [-0.4, -0.2) is 24.5 Å². The highest BCUT2D eigenvalue weighted by Gasteiger charge is 2.18. The second-order valence-corrected chi connectivity index (χ2v) is 6.35. The summed E-state index contributed by atoms with van der Waals surface area (Å²) in [6.07, 6.45) is 4.31. The molecule has 0 atom stereocenters. The molecule has 1 aromatic rings. The Labute approximate surface area is 118 Å². The maximum atomic E-state index is 3.48. The zero-order chi connectivity index (χ0) is 13.7. The average Bonchev–Trinajstić information content (AvgIpc) is 2.32. The fourth-order valence-electron chi connectivity index (χ4n) is 2.65. The van der Waals surface area contributed by atoms with Gasteiger partial charge in [-0.2, -0.15) is 0 Å². The number of rotatable bonds is 7. The van der Waals surface area contributed by atoms with E-state index in [9.17, 15) is 0 Å². The van der Waals surface area contributed by atoms with Gasteiger partial charge in [0.05, 0.1) is 0 Å². The van der Waals surface area contributed by atoms with Gasteiger partial charge in [-0.15, -0.1) is 0 Å². The lowest BCUT2D eigenvalue weighted by Gasteiger charge is -2.30. The molecule has 2 nitrogen and oxygen atoms in total. The molecule has 1 N–H and O–H groups in total. The number of benzene rings is 1. The SMILES string of the molecule is CC(C)NCc1cccc(CN(C)CC2CCC2)c1. The van der Waals surface area contributed by atoms with Gasteiger partial charge in [-0.3, -0.25) is 0 Å². The summed E-state index contributed by atoms with van der Waals surface area (Å²) in [6.45, 7) is 7.69. The van der Waals surface area contributed by atoms with Crippen molar-refractivity contribution < 1.29 is 0 Å². The normalized spacial score (nSPS) is 16.1. The van der Waals surface area contributed by atoms with Crippen LogP contribution in [0, 0.1) is 5.92 Å². The highest BCUT2D eigenvalue weighted by molar-refractivity contribution is 5.23. The van der Waals surface area contributed by atoms with E-state index in [1.54, 1.807) is 0 Å². The van der Waals surface area contributed by atoms with Gasteiger partial charge in [-0.05, 0) is 36.9 Å². The Morgan fingerprint density at radius 3 is 2.63 bits per heavy atom. The van der Waals surface area contributed by atoms with Crippen LogP contribution in [0.2, 0.25) is 0 Å². The van der Waals surface area contributed by atoms with Crippen LogP contribution in [0.15, 0.2) is 24.3 Å². The van der Waals surface area contributed by atoms with Crippen molar-refractivity contribution in [2.45, 2.75) is 52.2 Å². The van der Waals surface area contributed by atoms with E-state index in [4.69, 9.17) is 0 Å². The molecule has 0 unspecified atom stereocenters. The van der Waals surface area contributed by atoms with Crippen LogP contribution >= 0.6 is 0 Å². The Balaban J connectivity index is 1.83. The molecule has 2 rings (SSSR count). The number of nitrogens with zero attached hydrogens (tertiary/aromatic N) is 1. The van der Waals surface area contributed by atoms with E-state index in [1.807, 2.05) is 0 Å². The molecule has 0 amide bonds. The first-order chi connectivity index (χ1) is 9.13. The van der Waals surface area contributed by atoms with Crippen LogP contribution in [0.1, 0.15) is 44.2 Å². The maximum absolute atomic E-state index is 3.48. The summed E-state index contributed by atoms with van der Waals surface area (Å²) >= 11 is 0. The molecule has 0 bridgehead atoms. The molecule has 0 heterocycles. The lowest BCUT2D eigenvalue weighted by atomic mass is 9.85. The Morgan fingerprint density at radius 1 is 1.26 bits per heavy atom. The van der Waals surface area contributed by atoms with Crippen molar-refractivity contribution in [3.05, 3.63) is 35.4 Å². The lowest BCUT2D eigenvalue weighted by molar-refractivity contribution is 0.200. The zero-order valence-electron chi connectivity index (χ0n) is 12.7. The Hall–Kier alpha value is -0.860. The predicted octanol–water partition coefficient (Wildman–Crippen LogP) is 3.42. The number of hydrogen-bond acceptors (Lipinski definition) is 2. The second-order valence-electron chi connectivity index (χ2n) is 6.35. The van der Waals surface area contributed by atoms with E-state index < -0.39 is 0 Å². The van der Waals surface area contributed by atoms with E-state index in [0.717, 1.165) is 19.0 Å². The molecule has 1 aliphatic rings. The van der Waals surface area contributed by atoms with Crippen LogP contribution in [0.3, 0.4) is 0 Å². The molecule has 106 valence electrons. The highest BCUT2D eigenvalue weighted by Crippen LogP contribution is 2.27. The van der Waals surface area contributed by atoms with Crippen molar-refractivity contribution in [1.29, 1.82) is 0 Å². The smallest absolute Gasteiger partial charge is 0.0230 e. The van der Waals surface area contributed by atoms with Gasteiger partial charge in [-0.25, -0.2) is 0 Å². The molecule has 0 aliphatic heterocycles. The Morgan fingerprint density at radius 2 is 2.00 bits per heavy atom. The minimum atomic E-state index is 0.546. The van der Waals surface area contributed by atoms with E-state index in [-0.39, 0.29) is 0 Å². The fraction of sp³-hybridized carbons (Fsp3) is 0.647. The molecule has 0 saturated heterocycles. The average molecular weight is 260 g/mol. The summed E-state index contributed by atoms with van der Waals surface area (Å²) in [7, 11) is 2.25. The monoisotopic (exact) mass is 260 g/mol. The largest absolute Gasteiger partial charge is 0.310 e. The Kier molecular flexibility index (Phi) is 5.41. The minimum Gasteiger partial charge on any atom is -0.310 e. The quantitative estimate of drug-likeness (QED) is 0.808. The third kappa shape index (κ3) is 4.96. The first kappa shape index (κ1) is 14.5. The van der Waals surface area contributed by atoms with E-state index in [2.05, 4.69) is 55.4 Å². The third-order valence-electron chi connectivity index (χ3n) is 3.95. The topological polar surface area (TPSA) is 15.3 Å². The molecule has 1 saturated carbocycles. The van der Waals surface area contributed by atoms with Gasteiger partial charge in [0.1, 0.15) is 0 Å². The van der Waals surface area contributed by atoms with Crippen LogP contribution in [-0.2, 0) is 13.1 Å². The van der Waals surface area contributed by atoms with Crippen molar-refractivity contribution in [2.75, 3.05) is 13.6 Å². The molecule has 2 heteroatoms. The molecule has 1 aromatic carbocycles. The minimum absolute atomic E-state index is 0.546. The van der Waals surface area contributed by atoms with Crippen LogP contribution in [0.25, 0.3) is 0 Å². The Bertz CT molecular complexity index is 383. The third-order valence-corrected chi connectivity index (χ3v) is 3.95. The van der Waals surface area contributed by atoms with Crippen molar-refractivity contribution >= 4 is 0 Å². The van der Waals surface area contributed by atoms with Crippen molar-refractivity contribution in [3.8, 4) is 0 Å². The summed E-state index contributed by atoms with van der Waals surface area (Å²) in [6, 6.07) is 9.53. The van der Waals surface area contributed by atoms with Crippen molar-refractivity contribution in [1.82, 2.24) is 10.2 Å². The van der Waals surface area contributed by atoms with Crippen LogP contribution < -0.4 is 5.32 Å². The molecule has 0 radical (unpaired) electrons. The summed E-state index contributed by atoms with van der Waals surface area (Å²) in [5, 5.41) is 3.48. The molecule has 1 aliphatic carbocycles. The van der Waals surface area contributed by atoms with E-state index in [1.165, 1.54) is 36.9 Å². The first-order valence-corrected chi connectivity index (χ1v) is 7.63. The lowest BCUT2D eigenvalue weighted by Crippen LogP contribution is -2.29. The van der Waals surface area contributed by atoms with Gasteiger partial charge in [-0.1, -0.05) is 44.5 Å². The van der Waals surface area contributed by atoms with Crippen molar-refractivity contribution in [2.24, 2.45) is 5.92 Å². The van der Waals surface area contributed by atoms with Crippen LogP contribution in [0.4, 0.5) is 0 Å². The standard InChI is InChI=1S/C17H28N2/c1-14(2)18-11-16-8-5-9-17(10-16)13-19(3)12-15-6-4-7-15/h5,8-10,14-15,18H,4,6-7,11-13H2,1-3H3. The second kappa shape index (κ2) is 7.06. The fourth-order valence-corrected chi connectivity index (χ4v) is 2.65. The molecule has 1 fully saturated rings. The predicted molar refractivity (Wildman–Crippen MR) is 82.1 cm³/mol. The van der Waals surface area contributed by atoms with Gasteiger partial charge in [0.2, 0.25) is 0 Å². The van der Waals surface area contributed by atoms with Crippen LogP contribution in [0.5, 0.6) is 0 Å². The van der Waals surface area contributed by atoms with Gasteiger partial charge >= 0.3 is 0 Å². The van der Waals surface area contributed by atoms with Gasteiger partial charge in [0.25, 0.3) is 0 Å². The van der Waals surface area contributed by atoms with E-state index in [0.29, 0.717) is 6.04 Å². The molecular formula is C17H28N2. The zero-order valence-corrected chi connectivity index (χ0v) is 12.7. The van der Waals surface area contributed by atoms with E-state index >= 15 is 0 Å². The summed E-state index contributed by atoms with van der Waals surface area (Å²) in [5.74, 6) is 0.954. The highest BCUT2D eigenvalue weighted by atomic mass is 15.1. The molecule has 0 spiro atoms. The number of hydrogen-bond donors (Lipinski definition) is 1. The molecule has 0 aromatic heterocycles. The summed E-state index contributed by atoms with van der Waals surface area (Å²) in [5.41, 5.74) is 2.83. The summed E-state index contributed by atoms with van der Waals surface area (Å²) < 4.78 is 0. The molecular weight excluding hydrogens is 232 g/mol. The van der Waals surface area contributed by atoms with Gasteiger partial charge in [0, 0.05) is 25.7 Å². The van der Waals surface area contributed by atoms with Gasteiger partial charge in [0.15, 0.2) is 0 Å².